The zero-order valence-corrected chi connectivity index (χ0v) is 12.3. The van der Waals surface area contributed by atoms with Crippen molar-refractivity contribution < 1.29 is 8.42 Å². The van der Waals surface area contributed by atoms with Crippen LogP contribution >= 0.6 is 0 Å². The van der Waals surface area contributed by atoms with Crippen LogP contribution in [0.2, 0.25) is 0 Å². The average molecular weight is 295 g/mol. The van der Waals surface area contributed by atoms with Gasteiger partial charge in [-0.15, -0.1) is 0 Å². The molecular formula is C14H21N3O2S. The van der Waals surface area contributed by atoms with Gasteiger partial charge in [-0.05, 0) is 43.5 Å². The highest BCUT2D eigenvalue weighted by Crippen LogP contribution is 2.08. The van der Waals surface area contributed by atoms with E-state index in [1.165, 1.54) is 5.57 Å². The Morgan fingerprint density at radius 2 is 2.05 bits per heavy atom. The van der Waals surface area contributed by atoms with Crippen LogP contribution < -0.4 is 10.0 Å². The largest absolute Gasteiger partial charge is 0.313 e. The van der Waals surface area contributed by atoms with Gasteiger partial charge in [0, 0.05) is 25.5 Å². The number of pyridine rings is 1. The molecule has 1 aliphatic heterocycles. The van der Waals surface area contributed by atoms with Crippen LogP contribution in [0.1, 0.15) is 18.4 Å². The van der Waals surface area contributed by atoms with E-state index in [9.17, 15) is 8.42 Å². The minimum absolute atomic E-state index is 0.123. The van der Waals surface area contributed by atoms with E-state index in [2.05, 4.69) is 21.1 Å². The molecule has 5 nitrogen and oxygen atoms in total. The lowest BCUT2D eigenvalue weighted by Gasteiger charge is -2.14. The van der Waals surface area contributed by atoms with Gasteiger partial charge < -0.3 is 5.32 Å². The summed E-state index contributed by atoms with van der Waals surface area (Å²) in [4.78, 5) is 3.91. The van der Waals surface area contributed by atoms with Crippen molar-refractivity contribution in [1.82, 2.24) is 15.0 Å². The van der Waals surface area contributed by atoms with E-state index in [0.29, 0.717) is 13.0 Å². The third kappa shape index (κ3) is 5.40. The highest BCUT2D eigenvalue weighted by molar-refractivity contribution is 7.89. The molecule has 0 bridgehead atoms. The molecular weight excluding hydrogens is 274 g/mol. The fourth-order valence-electron chi connectivity index (χ4n) is 2.14. The highest BCUT2D eigenvalue weighted by atomic mass is 32.2. The molecule has 2 rings (SSSR count). The lowest BCUT2D eigenvalue weighted by atomic mass is 10.1. The van der Waals surface area contributed by atoms with Crippen molar-refractivity contribution >= 4 is 10.0 Å². The van der Waals surface area contributed by atoms with Gasteiger partial charge in [0.1, 0.15) is 0 Å². The van der Waals surface area contributed by atoms with Gasteiger partial charge in [-0.25, -0.2) is 13.1 Å². The van der Waals surface area contributed by atoms with Crippen molar-refractivity contribution in [3.63, 3.8) is 0 Å². The number of hydrogen-bond donors (Lipinski definition) is 2. The molecule has 0 unspecified atom stereocenters. The normalized spacial score (nSPS) is 15.9. The monoisotopic (exact) mass is 295 g/mol. The summed E-state index contributed by atoms with van der Waals surface area (Å²) in [6.45, 7) is 2.37. The van der Waals surface area contributed by atoms with E-state index in [1.54, 1.807) is 12.4 Å². The first kappa shape index (κ1) is 15.2. The maximum absolute atomic E-state index is 11.9. The Hall–Kier alpha value is -1.24. The molecule has 0 aromatic carbocycles. The van der Waals surface area contributed by atoms with Crippen molar-refractivity contribution in [1.29, 1.82) is 0 Å². The van der Waals surface area contributed by atoms with E-state index in [-0.39, 0.29) is 5.75 Å². The highest BCUT2D eigenvalue weighted by Gasteiger charge is 2.10. The van der Waals surface area contributed by atoms with Crippen LogP contribution in [-0.2, 0) is 16.4 Å². The number of aryl methyl sites for hydroxylation is 1. The molecule has 0 atom stereocenters. The van der Waals surface area contributed by atoms with Crippen molar-refractivity contribution in [2.75, 3.05) is 25.4 Å². The van der Waals surface area contributed by atoms with Crippen molar-refractivity contribution in [3.05, 3.63) is 41.7 Å². The van der Waals surface area contributed by atoms with Crippen LogP contribution in [0.3, 0.4) is 0 Å². The summed E-state index contributed by atoms with van der Waals surface area (Å²) in [5.74, 6) is 0.123. The van der Waals surface area contributed by atoms with Crippen LogP contribution in [0.4, 0.5) is 0 Å². The van der Waals surface area contributed by atoms with Gasteiger partial charge in [0.2, 0.25) is 10.0 Å². The molecule has 1 aliphatic rings. The number of nitrogens with zero attached hydrogens (tertiary/aromatic N) is 1. The van der Waals surface area contributed by atoms with E-state index in [1.807, 2.05) is 12.1 Å². The molecule has 0 fully saturated rings. The van der Waals surface area contributed by atoms with Crippen LogP contribution in [-0.4, -0.2) is 38.8 Å². The standard InChI is InChI=1S/C14H21N3O2S/c18-20(19,12-6-14-3-9-16-10-4-14)17-11-5-13-1-7-15-8-2-13/h1,3-4,9-10,15,17H,2,5-8,11-12H2. The summed E-state index contributed by atoms with van der Waals surface area (Å²) in [6.07, 6.45) is 7.84. The first-order chi connectivity index (χ1) is 9.66. The van der Waals surface area contributed by atoms with Crippen LogP contribution in [0.15, 0.2) is 36.2 Å². The average Bonchev–Trinajstić information content (AvgIpc) is 2.47. The van der Waals surface area contributed by atoms with Gasteiger partial charge in [-0.1, -0.05) is 11.6 Å². The summed E-state index contributed by atoms with van der Waals surface area (Å²) in [7, 11) is -3.19. The number of hydrogen-bond acceptors (Lipinski definition) is 4. The van der Waals surface area contributed by atoms with Crippen LogP contribution in [0.25, 0.3) is 0 Å². The van der Waals surface area contributed by atoms with Gasteiger partial charge >= 0.3 is 0 Å². The topological polar surface area (TPSA) is 71.1 Å². The third-order valence-corrected chi connectivity index (χ3v) is 4.72. The SMILES string of the molecule is O=S(=O)(CCc1ccncc1)NCCC1=CCNCC1. The summed E-state index contributed by atoms with van der Waals surface area (Å²) in [5, 5.41) is 3.24. The quantitative estimate of drug-likeness (QED) is 0.732. The molecule has 110 valence electrons. The first-order valence-electron chi connectivity index (χ1n) is 6.90. The Balaban J connectivity index is 1.72. The summed E-state index contributed by atoms with van der Waals surface area (Å²) in [5.41, 5.74) is 2.33. The Morgan fingerprint density at radius 3 is 2.75 bits per heavy atom. The van der Waals surface area contributed by atoms with Crippen LogP contribution in [0, 0.1) is 0 Å². The summed E-state index contributed by atoms with van der Waals surface area (Å²) in [6, 6.07) is 3.69. The molecule has 20 heavy (non-hydrogen) atoms. The van der Waals surface area contributed by atoms with Gasteiger partial charge in [-0.3, -0.25) is 4.98 Å². The second-order valence-corrected chi connectivity index (χ2v) is 6.81. The van der Waals surface area contributed by atoms with Crippen molar-refractivity contribution in [2.45, 2.75) is 19.3 Å². The molecule has 1 aromatic heterocycles. The fraction of sp³-hybridized carbons (Fsp3) is 0.500. The first-order valence-corrected chi connectivity index (χ1v) is 8.56. The van der Waals surface area contributed by atoms with Crippen molar-refractivity contribution in [2.24, 2.45) is 0 Å². The zero-order valence-electron chi connectivity index (χ0n) is 11.5. The van der Waals surface area contributed by atoms with Gasteiger partial charge in [0.25, 0.3) is 0 Å². The number of rotatable bonds is 7. The minimum atomic E-state index is -3.19. The molecule has 0 amide bonds. The smallest absolute Gasteiger partial charge is 0.211 e. The molecule has 2 heterocycles. The molecule has 2 N–H and O–H groups in total. The van der Waals surface area contributed by atoms with E-state index in [4.69, 9.17) is 0 Å². The Morgan fingerprint density at radius 1 is 1.25 bits per heavy atom. The van der Waals surface area contributed by atoms with Gasteiger partial charge in [0.05, 0.1) is 5.75 Å². The molecule has 0 aliphatic carbocycles. The second-order valence-electron chi connectivity index (χ2n) is 4.89. The van der Waals surface area contributed by atoms with E-state index < -0.39 is 10.0 Å². The Bertz CT molecular complexity index is 541. The zero-order chi connectivity index (χ0) is 14.3. The maximum atomic E-state index is 11.9. The minimum Gasteiger partial charge on any atom is -0.313 e. The van der Waals surface area contributed by atoms with Gasteiger partial charge in [0.15, 0.2) is 0 Å². The fourth-order valence-corrected chi connectivity index (χ4v) is 3.20. The second kappa shape index (κ2) is 7.52. The summed E-state index contributed by atoms with van der Waals surface area (Å²) < 4.78 is 26.4. The molecule has 0 radical (unpaired) electrons. The lowest BCUT2D eigenvalue weighted by molar-refractivity contribution is 0.579. The van der Waals surface area contributed by atoms with E-state index >= 15 is 0 Å². The molecule has 0 saturated heterocycles. The summed E-state index contributed by atoms with van der Waals surface area (Å²) >= 11 is 0. The maximum Gasteiger partial charge on any atom is 0.211 e. The molecule has 6 heteroatoms. The molecule has 0 saturated carbocycles. The number of aromatic nitrogens is 1. The molecule has 0 spiro atoms. The Labute approximate surface area is 120 Å². The number of nitrogens with one attached hydrogen (secondary N) is 2. The van der Waals surface area contributed by atoms with E-state index in [0.717, 1.165) is 31.5 Å². The lowest BCUT2D eigenvalue weighted by Crippen LogP contribution is -2.29. The number of sulfonamides is 1. The predicted molar refractivity (Wildman–Crippen MR) is 79.9 cm³/mol. The van der Waals surface area contributed by atoms with Crippen molar-refractivity contribution in [3.8, 4) is 0 Å². The predicted octanol–water partition coefficient (Wildman–Crippen LogP) is 0.853. The molecule has 1 aromatic rings. The van der Waals surface area contributed by atoms with Gasteiger partial charge in [-0.2, -0.15) is 0 Å². The Kier molecular flexibility index (Phi) is 5.70. The van der Waals surface area contributed by atoms with Crippen LogP contribution in [0.5, 0.6) is 0 Å². The third-order valence-electron chi connectivity index (χ3n) is 3.33.